The molecule has 31 heavy (non-hydrogen) atoms. The topological polar surface area (TPSA) is 69.4 Å². The molecule has 2 aromatic carbocycles. The van der Waals surface area contributed by atoms with Crippen molar-refractivity contribution >= 4 is 16.6 Å². The van der Waals surface area contributed by atoms with Gasteiger partial charge in [-0.05, 0) is 56.5 Å². The number of fused-ring (bicyclic) bond motifs is 1. The molecule has 3 rings (SSSR count). The van der Waals surface area contributed by atoms with Gasteiger partial charge in [-0.3, -0.25) is 4.98 Å². The van der Waals surface area contributed by atoms with Crippen molar-refractivity contribution in [2.75, 3.05) is 19.0 Å². The molecule has 166 valence electrons. The summed E-state index contributed by atoms with van der Waals surface area (Å²) in [6.45, 7) is 4.55. The van der Waals surface area contributed by atoms with Gasteiger partial charge in [0.1, 0.15) is 5.75 Å². The van der Waals surface area contributed by atoms with E-state index in [2.05, 4.69) is 10.3 Å². The molecule has 8 heteroatoms. The van der Waals surface area contributed by atoms with E-state index in [9.17, 15) is 13.2 Å². The van der Waals surface area contributed by atoms with Crippen LogP contribution in [0.1, 0.15) is 30.9 Å². The van der Waals surface area contributed by atoms with Crippen LogP contribution in [0.15, 0.2) is 42.6 Å². The molecule has 3 N–H and O–H groups in total. The SMILES string of the molecule is COc1cc(NCCCC(C)N)c2nccc(C)c2c1Oc1cccc(C(F)(F)F)c1. The Hall–Kier alpha value is -3.00. The summed E-state index contributed by atoms with van der Waals surface area (Å²) in [6.07, 6.45) is -1.01. The van der Waals surface area contributed by atoms with Gasteiger partial charge < -0.3 is 20.5 Å². The first-order valence-electron chi connectivity index (χ1n) is 10.0. The smallest absolute Gasteiger partial charge is 0.416 e. The number of nitrogens with one attached hydrogen (secondary N) is 1. The van der Waals surface area contributed by atoms with E-state index in [1.165, 1.54) is 19.2 Å². The van der Waals surface area contributed by atoms with E-state index in [4.69, 9.17) is 15.2 Å². The van der Waals surface area contributed by atoms with Gasteiger partial charge in [0, 0.05) is 24.8 Å². The summed E-state index contributed by atoms with van der Waals surface area (Å²) in [7, 11) is 1.49. The number of halogens is 3. The van der Waals surface area contributed by atoms with Crippen molar-refractivity contribution in [2.24, 2.45) is 5.73 Å². The lowest BCUT2D eigenvalue weighted by atomic mass is 10.1. The number of pyridine rings is 1. The lowest BCUT2D eigenvalue weighted by Crippen LogP contribution is -2.16. The van der Waals surface area contributed by atoms with E-state index in [1.54, 1.807) is 12.3 Å². The van der Waals surface area contributed by atoms with Gasteiger partial charge in [-0.1, -0.05) is 6.07 Å². The minimum Gasteiger partial charge on any atom is -0.493 e. The maximum absolute atomic E-state index is 13.1. The Labute approximate surface area is 179 Å². The molecular formula is C23H26F3N3O2. The molecule has 5 nitrogen and oxygen atoms in total. The van der Waals surface area contributed by atoms with Crippen LogP contribution < -0.4 is 20.5 Å². The molecule has 3 aromatic rings. The molecule has 1 heterocycles. The van der Waals surface area contributed by atoms with Crippen LogP contribution in [0.2, 0.25) is 0 Å². The monoisotopic (exact) mass is 433 g/mol. The second-order valence-corrected chi connectivity index (χ2v) is 7.48. The van der Waals surface area contributed by atoms with Crippen LogP contribution in [0.4, 0.5) is 18.9 Å². The Morgan fingerprint density at radius 3 is 2.65 bits per heavy atom. The third kappa shape index (κ3) is 5.38. The van der Waals surface area contributed by atoms with E-state index in [1.807, 2.05) is 19.9 Å². The average Bonchev–Trinajstić information content (AvgIpc) is 2.71. The van der Waals surface area contributed by atoms with Crippen LogP contribution >= 0.6 is 0 Å². The molecule has 0 saturated carbocycles. The highest BCUT2D eigenvalue weighted by Gasteiger charge is 2.31. The fraction of sp³-hybridized carbons (Fsp3) is 0.348. The standard InChI is InChI=1S/C23H26F3N3O2/c1-14-9-11-29-21-18(28-10-5-6-15(2)27)13-19(30-3)22(20(14)21)31-17-8-4-7-16(12-17)23(24,25)26/h4,7-9,11-13,15,28H,5-6,10,27H2,1-3H3. The van der Waals surface area contributed by atoms with E-state index < -0.39 is 11.7 Å². The fourth-order valence-corrected chi connectivity index (χ4v) is 3.33. The molecule has 0 aliphatic rings. The molecule has 1 unspecified atom stereocenters. The van der Waals surface area contributed by atoms with Crippen LogP contribution in [-0.4, -0.2) is 24.7 Å². The number of aromatic nitrogens is 1. The Morgan fingerprint density at radius 2 is 1.97 bits per heavy atom. The number of alkyl halides is 3. The second kappa shape index (κ2) is 9.43. The number of rotatable bonds is 8. The van der Waals surface area contributed by atoms with Crippen LogP contribution in [0.25, 0.3) is 10.9 Å². The average molecular weight is 433 g/mol. The highest BCUT2D eigenvalue weighted by atomic mass is 19.4. The summed E-state index contributed by atoms with van der Waals surface area (Å²) in [4.78, 5) is 4.49. The molecule has 0 bridgehead atoms. The maximum Gasteiger partial charge on any atom is 0.416 e. The van der Waals surface area contributed by atoms with Crippen molar-refractivity contribution < 1.29 is 22.6 Å². The largest absolute Gasteiger partial charge is 0.493 e. The third-order valence-electron chi connectivity index (χ3n) is 4.89. The van der Waals surface area contributed by atoms with Crippen LogP contribution in [-0.2, 0) is 6.18 Å². The van der Waals surface area contributed by atoms with E-state index in [-0.39, 0.29) is 11.8 Å². The molecule has 0 radical (unpaired) electrons. The predicted octanol–water partition coefficient (Wildman–Crippen LogP) is 5.90. The molecule has 0 spiro atoms. The van der Waals surface area contributed by atoms with Crippen molar-refractivity contribution in [3.8, 4) is 17.2 Å². The first-order chi connectivity index (χ1) is 14.7. The quantitative estimate of drug-likeness (QED) is 0.433. The summed E-state index contributed by atoms with van der Waals surface area (Å²) in [6, 6.07) is 8.46. The zero-order chi connectivity index (χ0) is 22.6. The predicted molar refractivity (Wildman–Crippen MR) is 116 cm³/mol. The van der Waals surface area contributed by atoms with Gasteiger partial charge in [-0.25, -0.2) is 0 Å². The normalized spacial score (nSPS) is 12.6. The molecule has 0 saturated heterocycles. The van der Waals surface area contributed by atoms with Gasteiger partial charge in [0.15, 0.2) is 11.5 Å². The van der Waals surface area contributed by atoms with Crippen molar-refractivity contribution in [3.63, 3.8) is 0 Å². The number of nitrogens with two attached hydrogens (primary N) is 1. The van der Waals surface area contributed by atoms with E-state index >= 15 is 0 Å². The van der Waals surface area contributed by atoms with Gasteiger partial charge in [0.25, 0.3) is 0 Å². The first-order valence-corrected chi connectivity index (χ1v) is 10.0. The Morgan fingerprint density at radius 1 is 1.19 bits per heavy atom. The summed E-state index contributed by atoms with van der Waals surface area (Å²) in [5, 5.41) is 4.04. The van der Waals surface area contributed by atoms with Crippen LogP contribution in [0.3, 0.4) is 0 Å². The van der Waals surface area contributed by atoms with E-state index in [0.717, 1.165) is 36.2 Å². The lowest BCUT2D eigenvalue weighted by Gasteiger charge is -2.18. The summed E-state index contributed by atoms with van der Waals surface area (Å²) < 4.78 is 50.8. The third-order valence-corrected chi connectivity index (χ3v) is 4.89. The van der Waals surface area contributed by atoms with Crippen molar-refractivity contribution in [3.05, 3.63) is 53.7 Å². The summed E-state index contributed by atoms with van der Waals surface area (Å²) in [5.74, 6) is 0.787. The van der Waals surface area contributed by atoms with Crippen molar-refractivity contribution in [1.82, 2.24) is 4.98 Å². The summed E-state index contributed by atoms with van der Waals surface area (Å²) in [5.41, 5.74) is 7.31. The number of hydrogen-bond donors (Lipinski definition) is 2. The van der Waals surface area contributed by atoms with Gasteiger partial charge in [0.2, 0.25) is 0 Å². The molecule has 0 fully saturated rings. The second-order valence-electron chi connectivity index (χ2n) is 7.48. The number of anilines is 1. The van der Waals surface area contributed by atoms with Crippen LogP contribution in [0, 0.1) is 6.92 Å². The molecule has 0 amide bonds. The number of benzene rings is 2. The zero-order valence-electron chi connectivity index (χ0n) is 17.7. The summed E-state index contributed by atoms with van der Waals surface area (Å²) >= 11 is 0. The molecular weight excluding hydrogens is 407 g/mol. The number of aryl methyl sites for hydroxylation is 1. The number of ether oxygens (including phenoxy) is 2. The van der Waals surface area contributed by atoms with Gasteiger partial charge >= 0.3 is 6.18 Å². The molecule has 1 atom stereocenters. The molecule has 0 aliphatic carbocycles. The molecule has 0 aliphatic heterocycles. The minimum atomic E-state index is -4.46. The number of nitrogens with zero attached hydrogens (tertiary/aromatic N) is 1. The maximum atomic E-state index is 13.1. The fourth-order valence-electron chi connectivity index (χ4n) is 3.33. The number of methoxy groups -OCH3 is 1. The van der Waals surface area contributed by atoms with Crippen LogP contribution in [0.5, 0.6) is 17.2 Å². The highest BCUT2D eigenvalue weighted by Crippen LogP contribution is 2.44. The Bertz CT molecular complexity index is 1050. The van der Waals surface area contributed by atoms with Crippen molar-refractivity contribution in [2.45, 2.75) is 38.9 Å². The number of hydrogen-bond acceptors (Lipinski definition) is 5. The Balaban J connectivity index is 2.03. The molecule has 1 aromatic heterocycles. The zero-order valence-corrected chi connectivity index (χ0v) is 17.7. The van der Waals surface area contributed by atoms with Gasteiger partial charge in [0.05, 0.1) is 29.3 Å². The Kier molecular flexibility index (Phi) is 6.90. The van der Waals surface area contributed by atoms with E-state index in [0.29, 0.717) is 28.9 Å². The lowest BCUT2D eigenvalue weighted by molar-refractivity contribution is -0.137. The van der Waals surface area contributed by atoms with Gasteiger partial charge in [-0.2, -0.15) is 13.2 Å². The van der Waals surface area contributed by atoms with Gasteiger partial charge in [-0.15, -0.1) is 0 Å². The highest BCUT2D eigenvalue weighted by molar-refractivity contribution is 5.99. The first kappa shape index (κ1) is 22.7. The minimum absolute atomic E-state index is 0.0651. The van der Waals surface area contributed by atoms with Crippen molar-refractivity contribution in [1.29, 1.82) is 0 Å².